The smallest absolute Gasteiger partial charge is 0.248 e. The number of nitrogens with one attached hydrogen (secondary N) is 1. The lowest BCUT2D eigenvalue weighted by Crippen LogP contribution is -2.08. The predicted molar refractivity (Wildman–Crippen MR) is 82.8 cm³/mol. The summed E-state index contributed by atoms with van der Waals surface area (Å²) in [7, 11) is 0. The van der Waals surface area contributed by atoms with Crippen LogP contribution in [0, 0.1) is 13.8 Å². The molecule has 0 saturated heterocycles. The first-order valence-corrected chi connectivity index (χ1v) is 6.61. The monoisotopic (exact) mass is 286 g/mol. The van der Waals surface area contributed by atoms with Crippen molar-refractivity contribution in [3.8, 4) is 0 Å². The van der Waals surface area contributed by atoms with Gasteiger partial charge in [0.15, 0.2) is 0 Å². The fourth-order valence-electron chi connectivity index (χ4n) is 1.67. The van der Waals surface area contributed by atoms with Gasteiger partial charge in [-0.3, -0.25) is 9.78 Å². The number of nitrogens with zero attached hydrogens (tertiary/aromatic N) is 1. The van der Waals surface area contributed by atoms with E-state index in [1.54, 1.807) is 25.3 Å². The van der Waals surface area contributed by atoms with Gasteiger partial charge >= 0.3 is 0 Å². The zero-order chi connectivity index (χ0) is 14.5. The molecule has 0 atom stereocenters. The van der Waals surface area contributed by atoms with E-state index in [0.29, 0.717) is 16.4 Å². The van der Waals surface area contributed by atoms with Crippen molar-refractivity contribution in [2.24, 2.45) is 0 Å². The second kappa shape index (κ2) is 6.35. The molecule has 0 aliphatic carbocycles. The number of hydrogen-bond donors (Lipinski definition) is 1. The van der Waals surface area contributed by atoms with E-state index in [1.165, 1.54) is 11.6 Å². The van der Waals surface area contributed by atoms with Gasteiger partial charge < -0.3 is 5.32 Å². The van der Waals surface area contributed by atoms with Crippen molar-refractivity contribution in [1.29, 1.82) is 0 Å². The van der Waals surface area contributed by atoms with Gasteiger partial charge in [-0.15, -0.1) is 0 Å². The number of aryl methyl sites for hydroxylation is 2. The molecule has 0 bridgehead atoms. The molecule has 0 fully saturated rings. The average molecular weight is 287 g/mol. The zero-order valence-electron chi connectivity index (χ0n) is 11.4. The topological polar surface area (TPSA) is 42.0 Å². The predicted octanol–water partition coefficient (Wildman–Crippen LogP) is 4.00. The number of anilines is 1. The van der Waals surface area contributed by atoms with Gasteiger partial charge in [0, 0.05) is 12.3 Å². The molecule has 0 spiro atoms. The van der Waals surface area contributed by atoms with Gasteiger partial charge in [-0.2, -0.15) is 0 Å². The van der Waals surface area contributed by atoms with Crippen molar-refractivity contribution >= 4 is 29.3 Å². The van der Waals surface area contributed by atoms with Gasteiger partial charge in [-0.25, -0.2) is 0 Å². The van der Waals surface area contributed by atoms with E-state index in [4.69, 9.17) is 11.6 Å². The number of amides is 1. The van der Waals surface area contributed by atoms with Crippen molar-refractivity contribution in [2.45, 2.75) is 13.8 Å². The fraction of sp³-hybridized carbons (Fsp3) is 0.125. The summed E-state index contributed by atoms with van der Waals surface area (Å²) in [4.78, 5) is 15.9. The van der Waals surface area contributed by atoms with E-state index in [0.717, 1.165) is 5.56 Å². The van der Waals surface area contributed by atoms with Crippen LogP contribution in [0.1, 0.15) is 16.8 Å². The Morgan fingerprint density at radius 1 is 1.20 bits per heavy atom. The lowest BCUT2D eigenvalue weighted by atomic mass is 10.1. The molecule has 1 N–H and O–H groups in total. The molecule has 2 rings (SSSR count). The normalized spacial score (nSPS) is 10.8. The summed E-state index contributed by atoms with van der Waals surface area (Å²) < 4.78 is 0. The number of carbonyl (C=O) groups is 1. The standard InChI is InChI=1S/C16H15ClN2O/c1-11-3-5-13(6-4-11)7-8-15(20)19-14-9-10-18-12(2)16(14)17/h3-10H,1-2H3,(H,18,19,20). The number of pyridine rings is 1. The van der Waals surface area contributed by atoms with Gasteiger partial charge in [0.05, 0.1) is 16.4 Å². The molecule has 102 valence electrons. The first-order chi connectivity index (χ1) is 9.56. The van der Waals surface area contributed by atoms with Crippen molar-refractivity contribution in [1.82, 2.24) is 4.98 Å². The molecule has 3 nitrogen and oxygen atoms in total. The van der Waals surface area contributed by atoms with Gasteiger partial charge in [0.1, 0.15) is 0 Å². The summed E-state index contributed by atoms with van der Waals surface area (Å²) in [5.41, 5.74) is 3.41. The summed E-state index contributed by atoms with van der Waals surface area (Å²) in [6.07, 6.45) is 4.86. The van der Waals surface area contributed by atoms with E-state index in [9.17, 15) is 4.79 Å². The molecule has 1 heterocycles. The quantitative estimate of drug-likeness (QED) is 0.867. The number of hydrogen-bond acceptors (Lipinski definition) is 2. The van der Waals surface area contributed by atoms with E-state index in [2.05, 4.69) is 10.3 Å². The lowest BCUT2D eigenvalue weighted by molar-refractivity contribution is -0.111. The third-order valence-electron chi connectivity index (χ3n) is 2.83. The van der Waals surface area contributed by atoms with Gasteiger partial charge in [-0.1, -0.05) is 41.4 Å². The van der Waals surface area contributed by atoms with Crippen LogP contribution in [0.25, 0.3) is 6.08 Å². The van der Waals surface area contributed by atoms with Crippen LogP contribution in [0.2, 0.25) is 5.02 Å². The van der Waals surface area contributed by atoms with Crippen molar-refractivity contribution in [3.05, 3.63) is 64.4 Å². The molecule has 1 aromatic heterocycles. The third-order valence-corrected chi connectivity index (χ3v) is 3.30. The first-order valence-electron chi connectivity index (χ1n) is 6.23. The van der Waals surface area contributed by atoms with Crippen LogP contribution in [0.3, 0.4) is 0 Å². The molecular weight excluding hydrogens is 272 g/mol. The molecular formula is C16H15ClN2O. The minimum absolute atomic E-state index is 0.224. The molecule has 0 saturated carbocycles. The Morgan fingerprint density at radius 2 is 1.90 bits per heavy atom. The van der Waals surface area contributed by atoms with Crippen LogP contribution in [-0.4, -0.2) is 10.9 Å². The van der Waals surface area contributed by atoms with Gasteiger partial charge in [0.2, 0.25) is 5.91 Å². The van der Waals surface area contributed by atoms with Crippen LogP contribution in [-0.2, 0) is 4.79 Å². The van der Waals surface area contributed by atoms with Crippen LogP contribution < -0.4 is 5.32 Å². The Bertz CT molecular complexity index is 648. The molecule has 0 aliphatic rings. The summed E-state index contributed by atoms with van der Waals surface area (Å²) in [6, 6.07) is 9.60. The summed E-state index contributed by atoms with van der Waals surface area (Å²) in [5.74, 6) is -0.224. The molecule has 20 heavy (non-hydrogen) atoms. The lowest BCUT2D eigenvalue weighted by Gasteiger charge is -2.06. The van der Waals surface area contributed by atoms with Gasteiger partial charge in [-0.05, 0) is 31.6 Å². The van der Waals surface area contributed by atoms with Crippen LogP contribution in [0.15, 0.2) is 42.6 Å². The highest BCUT2D eigenvalue weighted by Gasteiger charge is 2.05. The third kappa shape index (κ3) is 3.68. The average Bonchev–Trinajstić information content (AvgIpc) is 2.43. The highest BCUT2D eigenvalue weighted by molar-refractivity contribution is 6.34. The van der Waals surface area contributed by atoms with E-state index in [-0.39, 0.29) is 5.91 Å². The Labute approximate surface area is 123 Å². The Balaban J connectivity index is 2.05. The number of aromatic nitrogens is 1. The number of rotatable bonds is 3. The largest absolute Gasteiger partial charge is 0.321 e. The van der Waals surface area contributed by atoms with E-state index < -0.39 is 0 Å². The maximum atomic E-state index is 11.8. The number of halogens is 1. The second-order valence-electron chi connectivity index (χ2n) is 4.49. The highest BCUT2D eigenvalue weighted by atomic mass is 35.5. The summed E-state index contributed by atoms with van der Waals surface area (Å²) in [5, 5.41) is 3.20. The number of benzene rings is 1. The van der Waals surface area contributed by atoms with Crippen molar-refractivity contribution in [2.75, 3.05) is 5.32 Å². The minimum Gasteiger partial charge on any atom is -0.321 e. The fourth-order valence-corrected chi connectivity index (χ4v) is 1.83. The van der Waals surface area contributed by atoms with Crippen molar-refractivity contribution in [3.63, 3.8) is 0 Å². The van der Waals surface area contributed by atoms with Crippen molar-refractivity contribution < 1.29 is 4.79 Å². The van der Waals surface area contributed by atoms with E-state index in [1.807, 2.05) is 31.2 Å². The van der Waals surface area contributed by atoms with Crippen LogP contribution >= 0.6 is 11.6 Å². The van der Waals surface area contributed by atoms with Crippen LogP contribution in [0.5, 0.6) is 0 Å². The first kappa shape index (κ1) is 14.3. The molecule has 0 aliphatic heterocycles. The molecule has 4 heteroatoms. The molecule has 1 amide bonds. The highest BCUT2D eigenvalue weighted by Crippen LogP contribution is 2.23. The number of carbonyl (C=O) groups excluding carboxylic acids is 1. The van der Waals surface area contributed by atoms with Gasteiger partial charge in [0.25, 0.3) is 0 Å². The Hall–Kier alpha value is -2.13. The summed E-state index contributed by atoms with van der Waals surface area (Å²) in [6.45, 7) is 3.81. The molecule has 0 unspecified atom stereocenters. The SMILES string of the molecule is Cc1ccc(C=CC(=O)Nc2ccnc(C)c2Cl)cc1. The summed E-state index contributed by atoms with van der Waals surface area (Å²) >= 11 is 6.07. The molecule has 0 radical (unpaired) electrons. The zero-order valence-corrected chi connectivity index (χ0v) is 12.1. The van der Waals surface area contributed by atoms with E-state index >= 15 is 0 Å². The maximum absolute atomic E-state index is 11.8. The second-order valence-corrected chi connectivity index (χ2v) is 4.87. The molecule has 1 aromatic carbocycles. The molecule has 2 aromatic rings. The Kier molecular flexibility index (Phi) is 4.53. The minimum atomic E-state index is -0.224. The maximum Gasteiger partial charge on any atom is 0.248 e. The Morgan fingerprint density at radius 3 is 2.60 bits per heavy atom. The van der Waals surface area contributed by atoms with Crippen LogP contribution in [0.4, 0.5) is 5.69 Å².